The second-order valence-electron chi connectivity index (χ2n) is 6.94. The zero-order valence-corrected chi connectivity index (χ0v) is 21.4. The van der Waals surface area contributed by atoms with E-state index in [1.807, 2.05) is 0 Å². The summed E-state index contributed by atoms with van der Waals surface area (Å²) >= 11 is 0.810. The average molecular weight is 546 g/mol. The summed E-state index contributed by atoms with van der Waals surface area (Å²) in [5.41, 5.74) is 2.79. The monoisotopic (exact) mass is 547 g/mol. The Hall–Kier alpha value is -2.44. The van der Waals surface area contributed by atoms with E-state index in [1.165, 1.54) is 35.7 Å². The number of benzene rings is 5. The van der Waals surface area contributed by atoms with Gasteiger partial charge in [-0.2, -0.15) is 0 Å². The van der Waals surface area contributed by atoms with Gasteiger partial charge in [-0.25, -0.2) is 0 Å². The number of hydrogen-bond donors (Lipinski definition) is 0. The molecule has 0 nitrogen and oxygen atoms in total. The predicted octanol–water partition coefficient (Wildman–Crippen LogP) is 6.44. The number of rotatable bonds is 2. The Bertz CT molecular complexity index is 1100. The second kappa shape index (κ2) is 9.17. The van der Waals surface area contributed by atoms with Crippen LogP contribution in [-0.4, -0.2) is 0 Å². The summed E-state index contributed by atoms with van der Waals surface area (Å²) in [6, 6.07) is 41.0. The Balaban J connectivity index is 0.000000233. The van der Waals surface area contributed by atoms with Crippen molar-refractivity contribution in [3.8, 4) is 0 Å². The van der Waals surface area contributed by atoms with Crippen LogP contribution < -0.4 is 3.07 Å². The van der Waals surface area contributed by atoms with Crippen molar-refractivity contribution in [1.82, 2.24) is 0 Å². The average Bonchev–Trinajstić information content (AvgIpc) is 2.75. The van der Waals surface area contributed by atoms with Crippen molar-refractivity contribution in [2.24, 2.45) is 0 Å². The van der Waals surface area contributed by atoms with Crippen LogP contribution in [0.5, 0.6) is 0 Å². The molecule has 28 heavy (non-hydrogen) atoms. The number of hydrogen-bond acceptors (Lipinski definition) is 0. The van der Waals surface area contributed by atoms with Crippen LogP contribution in [0.25, 0.3) is 21.5 Å². The predicted molar refractivity (Wildman–Crippen MR) is 117 cm³/mol. The van der Waals surface area contributed by atoms with Gasteiger partial charge in [-0.15, -0.1) is 0 Å². The van der Waals surface area contributed by atoms with E-state index in [1.54, 1.807) is 0 Å². The van der Waals surface area contributed by atoms with E-state index in [9.17, 15) is 0 Å². The van der Waals surface area contributed by atoms with Crippen LogP contribution >= 0.6 is 0 Å². The minimum absolute atomic E-state index is 0.810. The van der Waals surface area contributed by atoms with Crippen LogP contribution in [0.1, 0.15) is 11.1 Å². The quantitative estimate of drug-likeness (QED) is 0.224. The molecule has 5 rings (SSSR count). The van der Waals surface area contributed by atoms with Gasteiger partial charge in [0.15, 0.2) is 0 Å². The molecule has 0 unspecified atom stereocenters. The molecular weight excluding hydrogens is 525 g/mol. The van der Waals surface area contributed by atoms with Crippen molar-refractivity contribution in [2.45, 2.75) is 6.42 Å². The smallest absolute Gasteiger partial charge is 0.00135 e. The minimum Gasteiger partial charge on any atom is -0.0616 e. The van der Waals surface area contributed by atoms with Gasteiger partial charge >= 0.3 is 59.5 Å². The molecule has 0 bridgehead atoms. The molecule has 0 aromatic heterocycles. The molecule has 5 aromatic carbocycles. The summed E-state index contributed by atoms with van der Waals surface area (Å²) in [7, 11) is 0. The first-order valence-corrected chi connectivity index (χ1v) is 12.4. The van der Waals surface area contributed by atoms with E-state index in [4.69, 9.17) is 0 Å². The Kier molecular flexibility index (Phi) is 6.19. The van der Waals surface area contributed by atoms with Crippen LogP contribution in [0.3, 0.4) is 0 Å². The first-order chi connectivity index (χ1) is 13.8. The van der Waals surface area contributed by atoms with Crippen LogP contribution in [0, 0.1) is 0 Å². The molecular formula is C27H21Hg. The fraction of sp³-hybridized carbons (Fsp3) is 0.0370. The van der Waals surface area contributed by atoms with Gasteiger partial charge in [0.2, 0.25) is 0 Å². The van der Waals surface area contributed by atoms with Crippen molar-refractivity contribution in [1.29, 1.82) is 0 Å². The van der Waals surface area contributed by atoms with E-state index < -0.39 is 0 Å². The van der Waals surface area contributed by atoms with Crippen LogP contribution in [-0.2, 0) is 32.5 Å². The first kappa shape index (κ1) is 18.9. The van der Waals surface area contributed by atoms with Gasteiger partial charge in [0.25, 0.3) is 0 Å². The Morgan fingerprint density at radius 1 is 0.429 bits per heavy atom. The van der Waals surface area contributed by atoms with Crippen molar-refractivity contribution in [2.75, 3.05) is 0 Å². The third kappa shape index (κ3) is 4.51. The summed E-state index contributed by atoms with van der Waals surface area (Å²) in [6.07, 6.45) is 0.975. The van der Waals surface area contributed by atoms with Gasteiger partial charge in [-0.1, -0.05) is 84.9 Å². The summed E-state index contributed by atoms with van der Waals surface area (Å²) in [4.78, 5) is 0. The maximum Gasteiger partial charge on any atom is -0.00135 e. The third-order valence-electron chi connectivity index (χ3n) is 4.98. The van der Waals surface area contributed by atoms with Crippen LogP contribution in [0.15, 0.2) is 115 Å². The molecule has 0 spiro atoms. The molecule has 0 aliphatic carbocycles. The maximum absolute atomic E-state index is 2.24. The van der Waals surface area contributed by atoms with Crippen molar-refractivity contribution < 1.29 is 26.1 Å². The van der Waals surface area contributed by atoms with Gasteiger partial charge in [0, 0.05) is 0 Å². The molecule has 0 radical (unpaired) electrons. The molecule has 0 fully saturated rings. The third-order valence-corrected chi connectivity index (χ3v) is 6.82. The van der Waals surface area contributed by atoms with E-state index in [0.29, 0.717) is 0 Å². The fourth-order valence-electron chi connectivity index (χ4n) is 3.58. The molecule has 5 aromatic rings. The zero-order valence-electron chi connectivity index (χ0n) is 15.9. The molecule has 1 heteroatoms. The summed E-state index contributed by atoms with van der Waals surface area (Å²) < 4.78 is 1.52. The standard InChI is InChI=1S/C21H16.C6H5.Hg/c1-3-13-20-16(7-1)9-5-11-18(20)15-19-12-6-10-17-8-2-4-14-21(17)19;1-2-4-6-5-3-1;/h1-14H,15H2;1-5H;. The van der Waals surface area contributed by atoms with Crippen molar-refractivity contribution in [3.05, 3.63) is 126 Å². The molecule has 0 amide bonds. The Morgan fingerprint density at radius 2 is 0.857 bits per heavy atom. The molecule has 0 aliphatic heterocycles. The maximum atomic E-state index is 2.24. The van der Waals surface area contributed by atoms with Crippen molar-refractivity contribution in [3.63, 3.8) is 0 Å². The molecule has 0 N–H and O–H groups in total. The first-order valence-electron chi connectivity index (χ1n) is 9.61. The molecule has 0 saturated carbocycles. The molecule has 131 valence electrons. The molecule has 0 heterocycles. The summed E-state index contributed by atoms with van der Waals surface area (Å²) in [5.74, 6) is 0. The molecule has 0 atom stereocenters. The molecule has 0 aliphatic rings. The zero-order chi connectivity index (χ0) is 19.2. The second-order valence-corrected chi connectivity index (χ2v) is 10.1. The number of fused-ring (bicyclic) bond motifs is 2. The van der Waals surface area contributed by atoms with Gasteiger partial charge in [0.05, 0.1) is 0 Å². The van der Waals surface area contributed by atoms with E-state index in [0.717, 1.165) is 32.5 Å². The Labute approximate surface area is 182 Å². The Morgan fingerprint density at radius 3 is 1.32 bits per heavy atom. The normalized spacial score (nSPS) is 10.5. The van der Waals surface area contributed by atoms with E-state index in [2.05, 4.69) is 115 Å². The minimum atomic E-state index is 0.810. The van der Waals surface area contributed by atoms with Gasteiger partial charge < -0.3 is 0 Å². The van der Waals surface area contributed by atoms with E-state index >= 15 is 0 Å². The SMILES string of the molecule is [Hg][c]1ccccc1.c1ccc2c(Cc3cccc4ccccc34)cccc2c1. The van der Waals surface area contributed by atoms with Gasteiger partial charge in [-0.3, -0.25) is 0 Å². The van der Waals surface area contributed by atoms with Crippen LogP contribution in [0.4, 0.5) is 0 Å². The largest absolute Gasteiger partial charge is 0.0616 e. The fourth-order valence-corrected chi connectivity index (χ4v) is 4.63. The van der Waals surface area contributed by atoms with Gasteiger partial charge in [-0.05, 0) is 39.1 Å². The van der Waals surface area contributed by atoms with Crippen molar-refractivity contribution >= 4 is 24.6 Å². The summed E-state index contributed by atoms with van der Waals surface area (Å²) in [6.45, 7) is 0. The topological polar surface area (TPSA) is 0 Å². The van der Waals surface area contributed by atoms with E-state index in [-0.39, 0.29) is 0 Å². The van der Waals surface area contributed by atoms with Crippen LogP contribution in [0.2, 0.25) is 0 Å². The molecule has 0 saturated heterocycles. The van der Waals surface area contributed by atoms with Gasteiger partial charge in [0.1, 0.15) is 0 Å². The summed E-state index contributed by atoms with van der Waals surface area (Å²) in [5, 5.41) is 5.34.